The lowest BCUT2D eigenvalue weighted by atomic mass is 9.85. The van der Waals surface area contributed by atoms with Crippen LogP contribution in [0.4, 0.5) is 0 Å². The van der Waals surface area contributed by atoms with E-state index in [1.807, 2.05) is 24.3 Å². The molecule has 0 aliphatic heterocycles. The van der Waals surface area contributed by atoms with Crippen molar-refractivity contribution in [1.82, 2.24) is 4.90 Å². The van der Waals surface area contributed by atoms with E-state index >= 15 is 0 Å². The molecule has 8 heteroatoms. The standard InChI is InChI=1S/C27H36Cl3NO3S/c1-3-31(4-2)12-13-34-27(33)26-11-9-21(35-26)6-5-7-22-23(25(32)17-24(22)30)10-8-18-14-19(28)16-20(29)15-18/h9,11,14-16,22-25,32H,3-8,10,12-13,17H2,1-2H3/t22-,23-,24+,25-/m1/s1. The summed E-state index contributed by atoms with van der Waals surface area (Å²) in [6.45, 7) is 7.29. The van der Waals surface area contributed by atoms with Crippen LogP contribution in [0.2, 0.25) is 10.0 Å². The number of aryl methyl sites for hydroxylation is 2. The molecule has 0 bridgehead atoms. The van der Waals surface area contributed by atoms with Gasteiger partial charge < -0.3 is 14.7 Å². The Morgan fingerprint density at radius 2 is 1.80 bits per heavy atom. The van der Waals surface area contributed by atoms with Crippen LogP contribution in [0, 0.1) is 11.8 Å². The average Bonchev–Trinajstić information content (AvgIpc) is 3.39. The van der Waals surface area contributed by atoms with E-state index < -0.39 is 0 Å². The molecule has 0 unspecified atom stereocenters. The molecule has 1 N–H and O–H groups in total. The van der Waals surface area contributed by atoms with Crippen LogP contribution in [0.25, 0.3) is 0 Å². The predicted octanol–water partition coefficient (Wildman–Crippen LogP) is 7.11. The largest absolute Gasteiger partial charge is 0.460 e. The zero-order valence-electron chi connectivity index (χ0n) is 20.5. The number of aliphatic hydroxyl groups is 1. The van der Waals surface area contributed by atoms with Crippen molar-refractivity contribution in [2.24, 2.45) is 11.8 Å². The van der Waals surface area contributed by atoms with Crippen LogP contribution in [0.15, 0.2) is 30.3 Å². The molecule has 0 saturated heterocycles. The summed E-state index contributed by atoms with van der Waals surface area (Å²) in [5.41, 5.74) is 1.08. The van der Waals surface area contributed by atoms with E-state index in [9.17, 15) is 9.90 Å². The lowest BCUT2D eigenvalue weighted by molar-refractivity contribution is 0.0472. The number of rotatable bonds is 13. The normalized spacial score (nSPS) is 22.1. The van der Waals surface area contributed by atoms with Crippen molar-refractivity contribution in [3.8, 4) is 0 Å². The molecule has 0 spiro atoms. The van der Waals surface area contributed by atoms with Crippen molar-refractivity contribution in [2.75, 3.05) is 26.2 Å². The number of nitrogens with zero attached hydrogens (tertiary/aromatic N) is 1. The predicted molar refractivity (Wildman–Crippen MR) is 147 cm³/mol. The Hall–Kier alpha value is -0.820. The first-order chi connectivity index (χ1) is 16.8. The maximum absolute atomic E-state index is 12.4. The molecule has 4 nitrogen and oxygen atoms in total. The molecule has 2 aromatic rings. The van der Waals surface area contributed by atoms with E-state index in [0.717, 1.165) is 57.3 Å². The average molecular weight is 561 g/mol. The first-order valence-electron chi connectivity index (χ1n) is 12.6. The number of likely N-dealkylation sites (N-methyl/N-ethyl adjacent to an activating group) is 1. The van der Waals surface area contributed by atoms with E-state index in [4.69, 9.17) is 39.5 Å². The first-order valence-corrected chi connectivity index (χ1v) is 14.6. The summed E-state index contributed by atoms with van der Waals surface area (Å²) in [6, 6.07) is 9.49. The van der Waals surface area contributed by atoms with Crippen LogP contribution in [-0.4, -0.2) is 53.7 Å². The maximum Gasteiger partial charge on any atom is 0.348 e. The van der Waals surface area contributed by atoms with Crippen LogP contribution in [0.5, 0.6) is 0 Å². The van der Waals surface area contributed by atoms with Gasteiger partial charge in [0.2, 0.25) is 0 Å². The van der Waals surface area contributed by atoms with Gasteiger partial charge >= 0.3 is 5.97 Å². The van der Waals surface area contributed by atoms with Gasteiger partial charge in [0.25, 0.3) is 0 Å². The second-order valence-corrected chi connectivity index (χ2v) is 11.9. The lowest BCUT2D eigenvalue weighted by Crippen LogP contribution is -2.27. The number of carbonyl (C=O) groups excluding carboxylic acids is 1. The maximum atomic E-state index is 12.4. The van der Waals surface area contributed by atoms with E-state index in [2.05, 4.69) is 18.7 Å². The summed E-state index contributed by atoms with van der Waals surface area (Å²) in [5.74, 6) is 0.190. The van der Waals surface area contributed by atoms with Gasteiger partial charge in [-0.05, 0) is 99.3 Å². The number of alkyl halides is 1. The van der Waals surface area contributed by atoms with Crippen molar-refractivity contribution in [3.63, 3.8) is 0 Å². The van der Waals surface area contributed by atoms with Crippen molar-refractivity contribution in [2.45, 2.75) is 63.9 Å². The number of ether oxygens (including phenoxy) is 1. The highest BCUT2D eigenvalue weighted by molar-refractivity contribution is 7.13. The smallest absolute Gasteiger partial charge is 0.348 e. The third-order valence-electron chi connectivity index (χ3n) is 7.02. The molecule has 1 heterocycles. The minimum absolute atomic E-state index is 0.0161. The Balaban J connectivity index is 1.46. The lowest BCUT2D eigenvalue weighted by Gasteiger charge is -2.23. The summed E-state index contributed by atoms with van der Waals surface area (Å²) >= 11 is 20.4. The van der Waals surface area contributed by atoms with Gasteiger partial charge in [-0.15, -0.1) is 22.9 Å². The molecule has 1 saturated carbocycles. The van der Waals surface area contributed by atoms with Gasteiger partial charge in [-0.3, -0.25) is 0 Å². The Bertz CT molecular complexity index is 929. The summed E-state index contributed by atoms with van der Waals surface area (Å²) in [6.07, 6.45) is 4.74. The summed E-state index contributed by atoms with van der Waals surface area (Å²) in [7, 11) is 0. The van der Waals surface area contributed by atoms with Crippen LogP contribution >= 0.6 is 46.1 Å². The second-order valence-electron chi connectivity index (χ2n) is 9.28. The molecule has 0 radical (unpaired) electrons. The molecule has 1 aliphatic carbocycles. The highest BCUT2D eigenvalue weighted by Gasteiger charge is 2.40. The fourth-order valence-electron chi connectivity index (χ4n) is 5.04. The number of thiophene rings is 1. The number of benzene rings is 1. The van der Waals surface area contributed by atoms with Gasteiger partial charge in [0.1, 0.15) is 11.5 Å². The van der Waals surface area contributed by atoms with Gasteiger partial charge in [-0.25, -0.2) is 4.79 Å². The quantitative estimate of drug-likeness (QED) is 0.209. The van der Waals surface area contributed by atoms with Gasteiger partial charge in [0, 0.05) is 26.8 Å². The SMILES string of the molecule is CCN(CC)CCOC(=O)c1ccc(CCC[C@@H]2[C@@H](CCc3cc(Cl)cc(Cl)c3)[C@H](O)C[C@@H]2Cl)s1. The monoisotopic (exact) mass is 559 g/mol. The van der Waals surface area contributed by atoms with Gasteiger partial charge in [0.05, 0.1) is 6.10 Å². The molecule has 3 rings (SSSR count). The fraction of sp³-hybridized carbons (Fsp3) is 0.593. The minimum Gasteiger partial charge on any atom is -0.460 e. The van der Waals surface area contributed by atoms with Gasteiger partial charge in [-0.2, -0.15) is 0 Å². The number of esters is 1. The van der Waals surface area contributed by atoms with Crippen molar-refractivity contribution < 1.29 is 14.6 Å². The number of carbonyl (C=O) groups is 1. The number of hydrogen-bond donors (Lipinski definition) is 1. The number of halogens is 3. The van der Waals surface area contributed by atoms with Crippen molar-refractivity contribution in [3.05, 3.63) is 55.7 Å². The highest BCUT2D eigenvalue weighted by Crippen LogP contribution is 2.42. The Kier molecular flexibility index (Phi) is 11.7. The summed E-state index contributed by atoms with van der Waals surface area (Å²) in [4.78, 5) is 16.4. The molecule has 1 aromatic carbocycles. The van der Waals surface area contributed by atoms with Crippen LogP contribution in [0.3, 0.4) is 0 Å². The minimum atomic E-state index is -0.378. The van der Waals surface area contributed by atoms with Crippen LogP contribution < -0.4 is 0 Å². The molecule has 194 valence electrons. The Morgan fingerprint density at radius 3 is 2.49 bits per heavy atom. The van der Waals surface area contributed by atoms with Crippen molar-refractivity contribution >= 4 is 52.1 Å². The summed E-state index contributed by atoms with van der Waals surface area (Å²) < 4.78 is 5.45. The third-order valence-corrected chi connectivity index (χ3v) is 9.09. The summed E-state index contributed by atoms with van der Waals surface area (Å²) in [5, 5.41) is 11.9. The van der Waals surface area contributed by atoms with Gasteiger partial charge in [-0.1, -0.05) is 37.0 Å². The Labute approximate surface area is 228 Å². The molecule has 1 aliphatic rings. The first kappa shape index (κ1) is 28.7. The zero-order valence-corrected chi connectivity index (χ0v) is 23.6. The van der Waals surface area contributed by atoms with E-state index in [1.165, 1.54) is 16.2 Å². The number of hydrogen-bond acceptors (Lipinski definition) is 5. The topological polar surface area (TPSA) is 49.8 Å². The van der Waals surface area contributed by atoms with Crippen LogP contribution in [0.1, 0.15) is 59.6 Å². The molecule has 0 amide bonds. The molecule has 1 fully saturated rings. The van der Waals surface area contributed by atoms with Crippen LogP contribution in [-0.2, 0) is 17.6 Å². The molecular formula is C27H36Cl3NO3S. The van der Waals surface area contributed by atoms with E-state index in [0.29, 0.717) is 28.0 Å². The molecule has 4 atom stereocenters. The second kappa shape index (κ2) is 14.2. The fourth-order valence-corrected chi connectivity index (χ4v) is 7.05. The van der Waals surface area contributed by atoms with E-state index in [-0.39, 0.29) is 29.3 Å². The van der Waals surface area contributed by atoms with Crippen molar-refractivity contribution in [1.29, 1.82) is 0 Å². The zero-order chi connectivity index (χ0) is 25.4. The molecule has 1 aromatic heterocycles. The highest BCUT2D eigenvalue weighted by atomic mass is 35.5. The Morgan fingerprint density at radius 1 is 1.09 bits per heavy atom. The molecular weight excluding hydrogens is 525 g/mol. The number of aliphatic hydroxyl groups excluding tert-OH is 1. The third kappa shape index (κ3) is 8.62. The molecule has 35 heavy (non-hydrogen) atoms. The van der Waals surface area contributed by atoms with E-state index in [1.54, 1.807) is 6.07 Å². The van der Waals surface area contributed by atoms with Gasteiger partial charge in [0.15, 0.2) is 0 Å².